The second kappa shape index (κ2) is 5.29. The molecule has 1 N–H and O–H groups in total. The third-order valence-electron chi connectivity index (χ3n) is 4.03. The Labute approximate surface area is 127 Å². The average molecular weight is 300 g/mol. The molecule has 3 rings (SSSR count). The highest BCUT2D eigenvalue weighted by atomic mass is 16.5. The number of aromatic nitrogens is 1. The lowest BCUT2D eigenvalue weighted by atomic mass is 9.89. The van der Waals surface area contributed by atoms with Crippen molar-refractivity contribution in [1.82, 2.24) is 10.1 Å². The SMILES string of the molecule is Cc1noc(C)c1C(=O)N1Cc2ccccc2C(C(=O)O)C1. The van der Waals surface area contributed by atoms with Crippen molar-refractivity contribution < 1.29 is 19.2 Å². The van der Waals surface area contributed by atoms with Crippen LogP contribution in [0.4, 0.5) is 0 Å². The summed E-state index contributed by atoms with van der Waals surface area (Å²) in [4.78, 5) is 25.8. The van der Waals surface area contributed by atoms with E-state index in [0.29, 0.717) is 23.6 Å². The summed E-state index contributed by atoms with van der Waals surface area (Å²) < 4.78 is 5.04. The van der Waals surface area contributed by atoms with Gasteiger partial charge in [0.15, 0.2) is 0 Å². The molecule has 2 aromatic rings. The Morgan fingerprint density at radius 2 is 2.05 bits per heavy atom. The first-order valence-corrected chi connectivity index (χ1v) is 7.01. The topological polar surface area (TPSA) is 83.6 Å². The highest BCUT2D eigenvalue weighted by Crippen LogP contribution is 2.30. The number of hydrogen-bond acceptors (Lipinski definition) is 4. The summed E-state index contributed by atoms with van der Waals surface area (Å²) in [6.07, 6.45) is 0. The number of nitrogens with zero attached hydrogens (tertiary/aromatic N) is 2. The van der Waals surface area contributed by atoms with Crippen LogP contribution in [0.15, 0.2) is 28.8 Å². The molecule has 1 atom stereocenters. The van der Waals surface area contributed by atoms with Crippen LogP contribution in [0.2, 0.25) is 0 Å². The van der Waals surface area contributed by atoms with E-state index in [9.17, 15) is 14.7 Å². The van der Waals surface area contributed by atoms with Gasteiger partial charge in [0.05, 0.1) is 11.6 Å². The Morgan fingerprint density at radius 3 is 2.68 bits per heavy atom. The van der Waals surface area contributed by atoms with Crippen LogP contribution in [-0.2, 0) is 11.3 Å². The van der Waals surface area contributed by atoms with Gasteiger partial charge in [0, 0.05) is 13.1 Å². The fraction of sp³-hybridized carbons (Fsp3) is 0.312. The average Bonchev–Trinajstić information content (AvgIpc) is 2.84. The Hall–Kier alpha value is -2.63. The summed E-state index contributed by atoms with van der Waals surface area (Å²) in [6.45, 7) is 3.92. The molecule has 0 saturated heterocycles. The Morgan fingerprint density at radius 1 is 1.32 bits per heavy atom. The molecule has 6 heteroatoms. The largest absolute Gasteiger partial charge is 0.481 e. The van der Waals surface area contributed by atoms with Crippen LogP contribution in [0.1, 0.15) is 38.9 Å². The van der Waals surface area contributed by atoms with E-state index in [-0.39, 0.29) is 12.5 Å². The first-order chi connectivity index (χ1) is 10.5. The molecule has 2 heterocycles. The van der Waals surface area contributed by atoms with Gasteiger partial charge in [-0.1, -0.05) is 29.4 Å². The van der Waals surface area contributed by atoms with Gasteiger partial charge in [-0.05, 0) is 25.0 Å². The van der Waals surface area contributed by atoms with Gasteiger partial charge in [-0.3, -0.25) is 9.59 Å². The van der Waals surface area contributed by atoms with Crippen molar-refractivity contribution in [2.75, 3.05) is 6.54 Å². The number of aryl methyl sites for hydroxylation is 2. The quantitative estimate of drug-likeness (QED) is 0.918. The van der Waals surface area contributed by atoms with Crippen molar-refractivity contribution in [3.63, 3.8) is 0 Å². The molecule has 1 aromatic heterocycles. The minimum Gasteiger partial charge on any atom is -0.481 e. The lowest BCUT2D eigenvalue weighted by molar-refractivity contribution is -0.139. The van der Waals surface area contributed by atoms with E-state index in [1.54, 1.807) is 18.7 Å². The molecule has 0 radical (unpaired) electrons. The predicted molar refractivity (Wildman–Crippen MR) is 77.5 cm³/mol. The standard InChI is InChI=1S/C16H16N2O4/c1-9-14(10(2)22-17-9)15(19)18-7-11-5-3-4-6-12(11)13(8-18)16(20)21/h3-6,13H,7-8H2,1-2H3,(H,20,21). The van der Waals surface area contributed by atoms with E-state index in [1.165, 1.54) is 0 Å². The molecule has 0 fully saturated rings. The lowest BCUT2D eigenvalue weighted by Gasteiger charge is -2.32. The maximum Gasteiger partial charge on any atom is 0.312 e. The van der Waals surface area contributed by atoms with Crippen LogP contribution in [0.5, 0.6) is 0 Å². The van der Waals surface area contributed by atoms with Gasteiger partial charge in [-0.25, -0.2) is 0 Å². The van der Waals surface area contributed by atoms with Gasteiger partial charge in [0.1, 0.15) is 11.3 Å². The van der Waals surface area contributed by atoms with Gasteiger partial charge in [0.2, 0.25) is 0 Å². The van der Waals surface area contributed by atoms with Gasteiger partial charge < -0.3 is 14.5 Å². The summed E-state index contributed by atoms with van der Waals surface area (Å²) in [5, 5.41) is 13.2. The van der Waals surface area contributed by atoms with Crippen LogP contribution in [-0.4, -0.2) is 33.6 Å². The Kier molecular flexibility index (Phi) is 3.44. The molecule has 6 nitrogen and oxygen atoms in total. The number of fused-ring (bicyclic) bond motifs is 1. The first kappa shape index (κ1) is 14.3. The number of carboxylic acid groups (broad SMARTS) is 1. The van der Waals surface area contributed by atoms with Gasteiger partial charge >= 0.3 is 5.97 Å². The molecule has 0 bridgehead atoms. The molecule has 0 aliphatic carbocycles. The minimum atomic E-state index is -0.927. The van der Waals surface area contributed by atoms with E-state index in [0.717, 1.165) is 11.1 Å². The molecule has 0 spiro atoms. The zero-order valence-electron chi connectivity index (χ0n) is 12.4. The molecule has 0 saturated carbocycles. The van der Waals surface area contributed by atoms with Crippen molar-refractivity contribution in [3.8, 4) is 0 Å². The Bertz CT molecular complexity index is 731. The molecule has 22 heavy (non-hydrogen) atoms. The van der Waals surface area contributed by atoms with E-state index >= 15 is 0 Å². The summed E-state index contributed by atoms with van der Waals surface area (Å²) >= 11 is 0. The highest BCUT2D eigenvalue weighted by molar-refractivity contribution is 5.96. The number of hydrogen-bond donors (Lipinski definition) is 1. The van der Waals surface area contributed by atoms with Crippen molar-refractivity contribution >= 4 is 11.9 Å². The number of aliphatic carboxylic acids is 1. The maximum absolute atomic E-state index is 12.7. The normalized spacial score (nSPS) is 17.2. The number of carbonyl (C=O) groups excluding carboxylic acids is 1. The van der Waals surface area contributed by atoms with Crippen LogP contribution in [0, 0.1) is 13.8 Å². The first-order valence-electron chi connectivity index (χ1n) is 7.01. The van der Waals surface area contributed by atoms with Crippen LogP contribution < -0.4 is 0 Å². The van der Waals surface area contributed by atoms with E-state index in [2.05, 4.69) is 5.16 Å². The second-order valence-corrected chi connectivity index (χ2v) is 5.47. The van der Waals surface area contributed by atoms with Gasteiger partial charge in [-0.15, -0.1) is 0 Å². The number of amides is 1. The van der Waals surface area contributed by atoms with Gasteiger partial charge in [-0.2, -0.15) is 0 Å². The minimum absolute atomic E-state index is 0.148. The summed E-state index contributed by atoms with van der Waals surface area (Å²) in [7, 11) is 0. The summed E-state index contributed by atoms with van der Waals surface area (Å²) in [5.41, 5.74) is 2.58. The van der Waals surface area contributed by atoms with Crippen molar-refractivity contribution in [2.24, 2.45) is 0 Å². The Balaban J connectivity index is 1.97. The van der Waals surface area contributed by atoms with Crippen LogP contribution >= 0.6 is 0 Å². The molecular formula is C16H16N2O4. The summed E-state index contributed by atoms with van der Waals surface area (Å²) in [6, 6.07) is 7.34. The lowest BCUT2D eigenvalue weighted by Crippen LogP contribution is -2.40. The smallest absolute Gasteiger partial charge is 0.312 e. The predicted octanol–water partition coefficient (Wildman–Crippen LogP) is 2.12. The summed E-state index contributed by atoms with van der Waals surface area (Å²) in [5.74, 6) is -1.43. The van der Waals surface area contributed by atoms with E-state index in [4.69, 9.17) is 4.52 Å². The molecule has 1 amide bonds. The van der Waals surface area contributed by atoms with E-state index < -0.39 is 11.9 Å². The third-order valence-corrected chi connectivity index (χ3v) is 4.03. The molecule has 1 aliphatic heterocycles. The number of benzene rings is 1. The van der Waals surface area contributed by atoms with Crippen molar-refractivity contribution in [3.05, 3.63) is 52.4 Å². The fourth-order valence-electron chi connectivity index (χ4n) is 2.92. The van der Waals surface area contributed by atoms with Crippen molar-refractivity contribution in [2.45, 2.75) is 26.3 Å². The monoisotopic (exact) mass is 300 g/mol. The second-order valence-electron chi connectivity index (χ2n) is 5.47. The zero-order valence-corrected chi connectivity index (χ0v) is 12.4. The van der Waals surface area contributed by atoms with Crippen molar-refractivity contribution in [1.29, 1.82) is 0 Å². The van der Waals surface area contributed by atoms with Crippen LogP contribution in [0.25, 0.3) is 0 Å². The van der Waals surface area contributed by atoms with Crippen LogP contribution in [0.3, 0.4) is 0 Å². The molecule has 114 valence electrons. The third kappa shape index (κ3) is 2.26. The van der Waals surface area contributed by atoms with E-state index in [1.807, 2.05) is 24.3 Å². The number of carbonyl (C=O) groups is 2. The molecular weight excluding hydrogens is 284 g/mol. The molecule has 1 unspecified atom stereocenters. The molecule has 1 aromatic carbocycles. The molecule has 1 aliphatic rings. The highest BCUT2D eigenvalue weighted by Gasteiger charge is 2.34. The number of rotatable bonds is 2. The van der Waals surface area contributed by atoms with Gasteiger partial charge in [0.25, 0.3) is 5.91 Å². The zero-order chi connectivity index (χ0) is 15.9. The fourth-order valence-corrected chi connectivity index (χ4v) is 2.92. The maximum atomic E-state index is 12.7. The number of carboxylic acids is 1.